The molecule has 0 amide bonds. The lowest BCUT2D eigenvalue weighted by atomic mass is 9.36. The Labute approximate surface area is 723 Å². The molecule has 0 spiro atoms. The molecule has 2 heteroatoms. The maximum Gasteiger partial charge on any atom is 0.0135 e. The van der Waals surface area contributed by atoms with Gasteiger partial charge in [-0.2, -0.15) is 0 Å². The van der Waals surface area contributed by atoms with E-state index in [0.717, 1.165) is 214 Å². The van der Waals surface area contributed by atoms with Gasteiger partial charge in [0.2, 0.25) is 0 Å². The summed E-state index contributed by atoms with van der Waals surface area (Å²) in [5, 5.41) is 0. The van der Waals surface area contributed by atoms with E-state index in [1.165, 1.54) is 141 Å². The Bertz CT molecular complexity index is 2720. The van der Waals surface area contributed by atoms with Crippen LogP contribution < -0.4 is 0 Å². The summed E-state index contributed by atoms with van der Waals surface area (Å²) in [6, 6.07) is 5.00. The highest BCUT2D eigenvalue weighted by molar-refractivity contribution is 5.19. The lowest BCUT2D eigenvalue weighted by Gasteiger charge is -2.71. The highest BCUT2D eigenvalue weighted by atomic mass is 15.2. The molecule has 26 atom stereocenters. The molecule has 0 bridgehead atoms. The molecule has 2 nitrogen and oxygen atoms in total. The molecule has 26 unspecified atom stereocenters. The van der Waals surface area contributed by atoms with E-state index in [1.807, 2.05) is 0 Å². The van der Waals surface area contributed by atoms with E-state index in [4.69, 9.17) is 0 Å². The summed E-state index contributed by atoms with van der Waals surface area (Å²) in [6.07, 6.45) is 89.7. The maximum absolute atomic E-state index is 3.77. The van der Waals surface area contributed by atoms with E-state index in [0.29, 0.717) is 21.7 Å². The van der Waals surface area contributed by atoms with E-state index in [-0.39, 0.29) is 0 Å². The van der Waals surface area contributed by atoms with E-state index in [1.54, 1.807) is 231 Å². The molecule has 0 aromatic rings. The molecule has 0 radical (unpaired) electrons. The number of nitrogens with zero attached hydrogens (tertiary/aromatic N) is 2. The smallest absolute Gasteiger partial charge is 0.0135 e. The van der Waals surface area contributed by atoms with Crippen molar-refractivity contribution in [3.63, 3.8) is 0 Å². The van der Waals surface area contributed by atoms with Gasteiger partial charge in [-0.3, -0.25) is 9.80 Å². The average molecular weight is 1600 g/mol. The molecule has 0 aromatic carbocycles. The van der Waals surface area contributed by atoms with Crippen molar-refractivity contribution < 1.29 is 0 Å². The van der Waals surface area contributed by atoms with Gasteiger partial charge in [0.25, 0.3) is 0 Å². The fourth-order valence-electron chi connectivity index (χ4n) is 37.4. The molecular formula is C114H200N2. The summed E-state index contributed by atoms with van der Waals surface area (Å²) < 4.78 is 0. The van der Waals surface area contributed by atoms with Crippen molar-refractivity contribution in [1.29, 1.82) is 0 Å². The Hall–Kier alpha value is -0.0800. The minimum atomic E-state index is 0.403. The van der Waals surface area contributed by atoms with Crippen LogP contribution in [-0.2, 0) is 0 Å². The summed E-state index contributed by atoms with van der Waals surface area (Å²) in [5.74, 6) is 28.9. The normalized spacial score (nSPS) is 45.7. The highest BCUT2D eigenvalue weighted by Crippen LogP contribution is 2.74. The predicted octanol–water partition coefficient (Wildman–Crippen LogP) is 33.4. The van der Waals surface area contributed by atoms with Crippen molar-refractivity contribution in [1.82, 2.24) is 9.80 Å². The van der Waals surface area contributed by atoms with Gasteiger partial charge in [-0.1, -0.05) is 265 Å². The van der Waals surface area contributed by atoms with Gasteiger partial charge < -0.3 is 0 Å². The molecule has 0 N–H and O–H groups in total. The Morgan fingerprint density at radius 3 is 0.776 bits per heavy atom. The molecule has 16 aliphatic rings. The highest BCUT2D eigenvalue weighted by Gasteiger charge is 2.69. The molecule has 666 valence electrons. The first-order valence-electron chi connectivity index (χ1n) is 55.4. The first-order valence-corrected chi connectivity index (χ1v) is 55.4. The van der Waals surface area contributed by atoms with Crippen molar-refractivity contribution in [2.75, 3.05) is 0 Å². The van der Waals surface area contributed by atoms with Gasteiger partial charge in [0.1, 0.15) is 0 Å². The van der Waals surface area contributed by atoms with Crippen LogP contribution in [0.5, 0.6) is 0 Å². The second-order valence-electron chi connectivity index (χ2n) is 53.0. The Kier molecular flexibility index (Phi) is 29.9. The van der Waals surface area contributed by atoms with Crippen molar-refractivity contribution in [3.05, 3.63) is 0 Å². The number of fused-ring (bicyclic) bond motifs is 4. The van der Waals surface area contributed by atoms with Gasteiger partial charge in [-0.25, -0.2) is 0 Å². The van der Waals surface area contributed by atoms with E-state index >= 15 is 0 Å². The second-order valence-corrected chi connectivity index (χ2v) is 53.0. The molecule has 16 aliphatic carbocycles. The van der Waals surface area contributed by atoms with E-state index in [2.05, 4.69) is 121 Å². The number of hydrogen-bond acceptors (Lipinski definition) is 2. The predicted molar refractivity (Wildman–Crippen MR) is 499 cm³/mol. The summed E-state index contributed by atoms with van der Waals surface area (Å²) in [6.45, 7) is 43.2. The zero-order valence-electron chi connectivity index (χ0n) is 80.7. The van der Waals surface area contributed by atoms with Crippen LogP contribution in [0, 0.1) is 199 Å². The quantitative estimate of drug-likeness (QED) is 0.0889. The SMILES string of the molecule is CCCCCCCCC1CCC(N(C2CCC(C)CC2)C2CC(C3C4CCC(C(C)(C)C)CC4C(C4CCCCC4)C4CCC(C(C)(C)C)CC43)C3CCC4C5C(CCC2C35)C(C2C3CCC(C(C)(C)C)CC3C(C3CCCCC3)C3CCC(C(C)(C)C)CC32)CC4N(C2CCC(C)CC2)C2CCC(CCCCCCCC)CC2)CC1. The minimum Gasteiger partial charge on any atom is -0.294 e. The van der Waals surface area contributed by atoms with Crippen LogP contribution in [0.1, 0.15) is 483 Å². The van der Waals surface area contributed by atoms with Gasteiger partial charge in [0.15, 0.2) is 0 Å². The standard InChI is InChI=1S/C114H200N2/c1-17-19-21-23-25-29-35-77-45-57-87(58-46-77)115(85-53-41-75(3)42-54-85)103-73-101(107-91-63-51-81(111(5,6)7)69-97(91)105(79-37-31-27-32-38-79)89-61-49-83(71-99(89)107)113(11,12)13)93-66-68-96-104(116(86-55-43-76(4)44-56-86)88-59-47-78(48-60-88)36-30-26-24-22-20-18-2)74-102(94-65-67-95(103)109(93)110(94)96)108-92-64-52-82(112(8,9)10)70-98(92)106(80-39-33-28-34-40-80)90-62-50-84(72-100(90)108)114(14,15)16/h75-110H,17-74H2,1-16H3. The molecule has 0 aliphatic heterocycles. The molecule has 0 aromatic heterocycles. The Balaban J connectivity index is 0.858. The monoisotopic (exact) mass is 1600 g/mol. The molecule has 16 rings (SSSR count). The second kappa shape index (κ2) is 38.9. The summed E-state index contributed by atoms with van der Waals surface area (Å²) >= 11 is 0. The summed E-state index contributed by atoms with van der Waals surface area (Å²) in [4.78, 5) is 7.53. The van der Waals surface area contributed by atoms with Gasteiger partial charge in [-0.15, -0.1) is 0 Å². The van der Waals surface area contributed by atoms with Crippen molar-refractivity contribution in [3.8, 4) is 0 Å². The first-order chi connectivity index (χ1) is 55.8. The van der Waals surface area contributed by atoms with Gasteiger partial charge >= 0.3 is 0 Å². The van der Waals surface area contributed by atoms with Gasteiger partial charge in [0.05, 0.1) is 0 Å². The first kappa shape index (κ1) is 89.3. The average Bonchev–Trinajstić information content (AvgIpc) is 0.692. The van der Waals surface area contributed by atoms with Crippen LogP contribution in [0.3, 0.4) is 0 Å². The van der Waals surface area contributed by atoms with Crippen LogP contribution in [0.4, 0.5) is 0 Å². The molecule has 0 heterocycles. The van der Waals surface area contributed by atoms with Crippen LogP contribution in [0.15, 0.2) is 0 Å². The zero-order valence-corrected chi connectivity index (χ0v) is 80.7. The number of rotatable bonds is 24. The van der Waals surface area contributed by atoms with E-state index < -0.39 is 0 Å². The maximum atomic E-state index is 3.77. The third kappa shape index (κ3) is 19.4. The summed E-state index contributed by atoms with van der Waals surface area (Å²) in [7, 11) is 0. The fraction of sp³-hybridized carbons (Fsp3) is 1.00. The van der Waals surface area contributed by atoms with Crippen LogP contribution in [0.25, 0.3) is 0 Å². The van der Waals surface area contributed by atoms with Crippen LogP contribution >= 0.6 is 0 Å². The summed E-state index contributed by atoms with van der Waals surface area (Å²) in [5.41, 5.74) is 1.64. The molecule has 0 saturated heterocycles. The van der Waals surface area contributed by atoms with Crippen molar-refractivity contribution >= 4 is 0 Å². The van der Waals surface area contributed by atoms with Gasteiger partial charge in [-0.05, 0) is 418 Å². The number of hydrogen-bond donors (Lipinski definition) is 0. The van der Waals surface area contributed by atoms with Crippen molar-refractivity contribution in [2.45, 2.75) is 519 Å². The Morgan fingerprint density at radius 2 is 0.466 bits per heavy atom. The fourth-order valence-corrected chi connectivity index (χ4v) is 37.4. The molecule has 116 heavy (non-hydrogen) atoms. The van der Waals surface area contributed by atoms with E-state index in [9.17, 15) is 0 Å². The topological polar surface area (TPSA) is 6.48 Å². The lowest BCUT2D eigenvalue weighted by Crippen LogP contribution is -2.69. The minimum absolute atomic E-state index is 0.403. The third-order valence-corrected chi connectivity index (χ3v) is 43.2. The van der Waals surface area contributed by atoms with Crippen molar-refractivity contribution in [2.24, 2.45) is 199 Å². The zero-order chi connectivity index (χ0) is 81.0. The van der Waals surface area contributed by atoms with Crippen LogP contribution in [0.2, 0.25) is 0 Å². The third-order valence-electron chi connectivity index (χ3n) is 43.2. The van der Waals surface area contributed by atoms with Gasteiger partial charge in [0, 0.05) is 36.3 Å². The lowest BCUT2D eigenvalue weighted by molar-refractivity contribution is -0.221. The number of unbranched alkanes of at least 4 members (excludes halogenated alkanes) is 10. The molecule has 16 saturated carbocycles. The molecular weight excluding hydrogens is 1400 g/mol. The molecule has 16 fully saturated rings. The van der Waals surface area contributed by atoms with Crippen LogP contribution in [-0.4, -0.2) is 46.1 Å². The Morgan fingerprint density at radius 1 is 0.216 bits per heavy atom. The largest absolute Gasteiger partial charge is 0.294 e.